The van der Waals surface area contributed by atoms with Gasteiger partial charge in [-0.3, -0.25) is 10.7 Å². The van der Waals surface area contributed by atoms with Crippen LogP contribution in [0.5, 0.6) is 0 Å². The summed E-state index contributed by atoms with van der Waals surface area (Å²) in [6.45, 7) is 3.85. The first-order valence-corrected chi connectivity index (χ1v) is 9.68. The van der Waals surface area contributed by atoms with Crippen molar-refractivity contribution in [2.45, 2.75) is 43.5 Å². The second-order valence-electron chi connectivity index (χ2n) is 7.80. The summed E-state index contributed by atoms with van der Waals surface area (Å²) < 4.78 is 11.9. The second-order valence-corrected chi connectivity index (χ2v) is 7.80. The van der Waals surface area contributed by atoms with E-state index in [-0.39, 0.29) is 19.2 Å². The Hall–Kier alpha value is -2.17. The molecule has 9 heteroatoms. The van der Waals surface area contributed by atoms with Gasteiger partial charge in [-0.1, -0.05) is 44.2 Å². The number of ether oxygens (including phenoxy) is 2. The van der Waals surface area contributed by atoms with E-state index in [1.165, 1.54) is 13.4 Å². The first kappa shape index (κ1) is 20.1. The van der Waals surface area contributed by atoms with E-state index in [0.29, 0.717) is 11.5 Å². The Balaban J connectivity index is 1.76. The van der Waals surface area contributed by atoms with Gasteiger partial charge in [0.2, 0.25) is 0 Å². The van der Waals surface area contributed by atoms with Crippen molar-refractivity contribution in [3.8, 4) is 0 Å². The summed E-state index contributed by atoms with van der Waals surface area (Å²) in [4.78, 5) is 15.5. The second kappa shape index (κ2) is 7.26. The van der Waals surface area contributed by atoms with Crippen LogP contribution in [-0.2, 0) is 15.1 Å². The lowest BCUT2D eigenvalue weighted by atomic mass is 9.88. The molecule has 4 rings (SSSR count). The van der Waals surface area contributed by atoms with Gasteiger partial charge in [-0.15, -0.1) is 0 Å². The molecule has 0 spiro atoms. The summed E-state index contributed by atoms with van der Waals surface area (Å²) in [6.07, 6.45) is -1.04. The summed E-state index contributed by atoms with van der Waals surface area (Å²) in [5, 5.41) is 20.4. The largest absolute Gasteiger partial charge is 0.394 e. The maximum atomic E-state index is 10.7. The summed E-state index contributed by atoms with van der Waals surface area (Å²) in [5.74, 6) is 0.423. The van der Waals surface area contributed by atoms with Gasteiger partial charge in [0.15, 0.2) is 17.2 Å². The Morgan fingerprint density at radius 2 is 2.07 bits per heavy atom. The lowest BCUT2D eigenvalue weighted by Gasteiger charge is -2.46. The first-order valence-electron chi connectivity index (χ1n) is 9.68. The number of nitrogens with zero attached hydrogens (tertiary/aromatic N) is 4. The van der Waals surface area contributed by atoms with E-state index in [9.17, 15) is 10.2 Å². The Morgan fingerprint density at radius 1 is 1.34 bits per heavy atom. The lowest BCUT2D eigenvalue weighted by molar-refractivity contribution is -0.192. The Bertz CT molecular complexity index is 858. The highest BCUT2D eigenvalue weighted by molar-refractivity contribution is 6.47. The molecule has 3 aliphatic rings. The molecule has 1 aromatic carbocycles. The average molecular weight is 401 g/mol. The van der Waals surface area contributed by atoms with Crippen LogP contribution in [-0.4, -0.2) is 77.4 Å². The van der Waals surface area contributed by atoms with E-state index in [4.69, 9.17) is 15.2 Å². The predicted molar refractivity (Wildman–Crippen MR) is 109 cm³/mol. The Kier molecular flexibility index (Phi) is 5.04. The predicted octanol–water partition coefficient (Wildman–Crippen LogP) is 0.0719. The number of nitrogens with two attached hydrogens (primary N) is 1. The van der Waals surface area contributed by atoms with Crippen LogP contribution in [0.1, 0.15) is 19.4 Å². The third kappa shape index (κ3) is 2.77. The molecule has 0 aromatic heterocycles. The summed E-state index contributed by atoms with van der Waals surface area (Å²) in [5.41, 5.74) is 5.79. The molecule has 0 saturated carbocycles. The molecule has 0 bridgehead atoms. The molecule has 29 heavy (non-hydrogen) atoms. The molecule has 1 aromatic rings. The number of hydrogen-bond acceptors (Lipinski definition) is 9. The van der Waals surface area contributed by atoms with Gasteiger partial charge in [0.25, 0.3) is 0 Å². The fourth-order valence-electron chi connectivity index (χ4n) is 4.51. The summed E-state index contributed by atoms with van der Waals surface area (Å²) >= 11 is 0. The van der Waals surface area contributed by atoms with E-state index in [0.717, 1.165) is 5.56 Å². The third-order valence-electron chi connectivity index (χ3n) is 5.98. The van der Waals surface area contributed by atoms with Crippen LogP contribution in [0, 0.1) is 5.92 Å². The molecule has 4 N–H and O–H groups in total. The highest BCUT2D eigenvalue weighted by atomic mass is 16.6. The van der Waals surface area contributed by atoms with Crippen molar-refractivity contribution in [3.05, 3.63) is 35.9 Å². The number of hydrogen-bond donors (Lipinski definition) is 3. The molecule has 0 unspecified atom stereocenters. The van der Waals surface area contributed by atoms with Crippen molar-refractivity contribution in [1.82, 2.24) is 4.90 Å². The lowest BCUT2D eigenvalue weighted by Crippen LogP contribution is -2.64. The topological polar surface area (TPSA) is 125 Å². The summed E-state index contributed by atoms with van der Waals surface area (Å²) in [7, 11) is 1.52. The SMILES string of the molecule is CO[C@@H]1[C@H](O)[C@@H](CO)O[C@@]1(C(C)C)N1CN=C2C1=NC=N[C@]2(N)c1ccccc1. The van der Waals surface area contributed by atoms with E-state index in [1.54, 1.807) is 0 Å². The number of aliphatic imine (C=N–C) groups is 3. The van der Waals surface area contributed by atoms with Crippen LogP contribution in [0.4, 0.5) is 0 Å². The molecule has 9 nitrogen and oxygen atoms in total. The molecule has 156 valence electrons. The van der Waals surface area contributed by atoms with Gasteiger partial charge >= 0.3 is 0 Å². The van der Waals surface area contributed by atoms with Crippen LogP contribution < -0.4 is 5.73 Å². The fraction of sp³-hybridized carbons (Fsp3) is 0.550. The van der Waals surface area contributed by atoms with Crippen LogP contribution in [0.15, 0.2) is 45.3 Å². The van der Waals surface area contributed by atoms with Crippen molar-refractivity contribution >= 4 is 17.9 Å². The smallest absolute Gasteiger partial charge is 0.181 e. The quantitative estimate of drug-likeness (QED) is 0.641. The van der Waals surface area contributed by atoms with E-state index >= 15 is 0 Å². The van der Waals surface area contributed by atoms with Crippen molar-refractivity contribution in [2.75, 3.05) is 20.4 Å². The zero-order chi connectivity index (χ0) is 20.8. The maximum Gasteiger partial charge on any atom is 0.181 e. The highest BCUT2D eigenvalue weighted by Crippen LogP contribution is 2.44. The number of fused-ring (bicyclic) bond motifs is 1. The molecule has 0 radical (unpaired) electrons. The maximum absolute atomic E-state index is 10.7. The van der Waals surface area contributed by atoms with E-state index in [1.807, 2.05) is 49.1 Å². The van der Waals surface area contributed by atoms with Gasteiger partial charge in [0, 0.05) is 18.6 Å². The molecular weight excluding hydrogens is 374 g/mol. The fourth-order valence-corrected chi connectivity index (χ4v) is 4.51. The van der Waals surface area contributed by atoms with Gasteiger partial charge in [0.05, 0.1) is 6.61 Å². The van der Waals surface area contributed by atoms with Gasteiger partial charge < -0.3 is 24.6 Å². The normalized spacial score (nSPS) is 36.4. The minimum Gasteiger partial charge on any atom is -0.394 e. The van der Waals surface area contributed by atoms with Crippen LogP contribution in [0.3, 0.4) is 0 Å². The molecule has 1 fully saturated rings. The molecule has 0 amide bonds. The number of methoxy groups -OCH3 is 1. The summed E-state index contributed by atoms with van der Waals surface area (Å²) in [6, 6.07) is 9.52. The Morgan fingerprint density at radius 3 is 2.69 bits per heavy atom. The number of amidine groups is 1. The molecule has 5 atom stereocenters. The van der Waals surface area contributed by atoms with Crippen LogP contribution >= 0.6 is 0 Å². The molecule has 0 aliphatic carbocycles. The zero-order valence-corrected chi connectivity index (χ0v) is 16.8. The number of benzene rings is 1. The van der Waals surface area contributed by atoms with Crippen LogP contribution in [0.2, 0.25) is 0 Å². The molecule has 3 aliphatic heterocycles. The molecule has 3 heterocycles. The zero-order valence-electron chi connectivity index (χ0n) is 16.8. The van der Waals surface area contributed by atoms with E-state index < -0.39 is 29.7 Å². The molecular formula is C20H27N5O4. The third-order valence-corrected chi connectivity index (χ3v) is 5.98. The van der Waals surface area contributed by atoms with E-state index in [2.05, 4.69) is 15.0 Å². The number of aliphatic hydroxyl groups excluding tert-OH is 2. The van der Waals surface area contributed by atoms with Gasteiger partial charge in [-0.05, 0) is 0 Å². The van der Waals surface area contributed by atoms with Crippen LogP contribution in [0.25, 0.3) is 0 Å². The first-order chi connectivity index (χ1) is 13.9. The number of rotatable bonds is 5. The Labute approximate surface area is 169 Å². The highest BCUT2D eigenvalue weighted by Gasteiger charge is 2.62. The van der Waals surface area contributed by atoms with Gasteiger partial charge in [-0.25, -0.2) is 9.98 Å². The van der Waals surface area contributed by atoms with Crippen molar-refractivity contribution < 1.29 is 19.7 Å². The monoisotopic (exact) mass is 401 g/mol. The minimum absolute atomic E-state index is 0.112. The van der Waals surface area contributed by atoms with Crippen molar-refractivity contribution in [1.29, 1.82) is 0 Å². The minimum atomic E-state index is -1.17. The van der Waals surface area contributed by atoms with Gasteiger partial charge in [0.1, 0.15) is 37.0 Å². The van der Waals surface area contributed by atoms with Gasteiger partial charge in [-0.2, -0.15) is 0 Å². The standard InChI is InChI=1S/C20H27N5O4/c1-12(2)20(17(28-3)15(27)14(9-26)29-20)25-11-23-16-18(25)22-10-24-19(16,21)13-7-5-4-6-8-13/h4-8,10,12,14-15,17,26-27H,9,11,21H2,1-3H3/t14-,15-,17-,19-,20-/m1/s1. The van der Waals surface area contributed by atoms with Crippen molar-refractivity contribution in [2.24, 2.45) is 26.6 Å². The number of aliphatic hydroxyl groups is 2. The van der Waals surface area contributed by atoms with Crippen molar-refractivity contribution in [3.63, 3.8) is 0 Å². The average Bonchev–Trinajstić information content (AvgIpc) is 3.29. The molecule has 1 saturated heterocycles.